The van der Waals surface area contributed by atoms with E-state index in [1.165, 1.54) is 18.2 Å². The lowest BCUT2D eigenvalue weighted by Crippen LogP contribution is -2.46. The molecule has 0 unspecified atom stereocenters. The van der Waals surface area contributed by atoms with Crippen LogP contribution in [0.15, 0.2) is 65.6 Å². The number of hydrogen-bond acceptors (Lipinski definition) is 4. The number of hydrogen-bond donors (Lipinski definition) is 2. The van der Waals surface area contributed by atoms with Crippen LogP contribution in [0.1, 0.15) is 6.92 Å². The Labute approximate surface area is 151 Å². The molecule has 0 atom stereocenters. The molecule has 7 nitrogen and oxygen atoms in total. The van der Waals surface area contributed by atoms with Gasteiger partial charge in [-0.05, 0) is 24.4 Å². The molecule has 1 heterocycles. The third kappa shape index (κ3) is 3.18. The number of carbonyl (C=O) groups excluding carboxylic acids is 2. The molecular formula is C18H17N3O4S. The smallest absolute Gasteiger partial charge is 0.265 e. The predicted octanol–water partition coefficient (Wildman–Crippen LogP) is 1.63. The largest absolute Gasteiger partial charge is 0.271 e. The fourth-order valence-electron chi connectivity index (χ4n) is 2.73. The molecule has 0 spiro atoms. The molecule has 134 valence electrons. The molecular weight excluding hydrogens is 354 g/mol. The number of amides is 2. The molecule has 2 aromatic carbocycles. The molecule has 0 fully saturated rings. The van der Waals surface area contributed by atoms with Crippen LogP contribution >= 0.6 is 0 Å². The zero-order valence-corrected chi connectivity index (χ0v) is 14.8. The second kappa shape index (κ2) is 7.01. The standard InChI is InChI=1S/C18H17N3O4S/c1-2-3-4-11-16(22)19-20-17(23)12-21-14-9-5-7-13-8-6-10-15(18(13)14)26(21,24)25/h2-11H,12H2,1H3,(H,19,22)(H,20,23)/b3-2+,11-4-. The summed E-state index contributed by atoms with van der Waals surface area (Å²) in [6.45, 7) is 1.37. The Bertz CT molecular complexity index is 1040. The van der Waals surface area contributed by atoms with Gasteiger partial charge in [0, 0.05) is 11.5 Å². The summed E-state index contributed by atoms with van der Waals surface area (Å²) in [7, 11) is -3.81. The van der Waals surface area contributed by atoms with Gasteiger partial charge in [-0.15, -0.1) is 0 Å². The van der Waals surface area contributed by atoms with Crippen LogP contribution in [0.3, 0.4) is 0 Å². The Hall–Kier alpha value is -3.13. The quantitative estimate of drug-likeness (QED) is 0.485. The average Bonchev–Trinajstić information content (AvgIpc) is 2.84. The van der Waals surface area contributed by atoms with Gasteiger partial charge in [-0.1, -0.05) is 42.5 Å². The fraction of sp³-hybridized carbons (Fsp3) is 0.111. The minimum Gasteiger partial charge on any atom is -0.271 e. The summed E-state index contributed by atoms with van der Waals surface area (Å²) in [4.78, 5) is 23.8. The zero-order valence-electron chi connectivity index (χ0n) is 14.0. The molecule has 0 aromatic heterocycles. The van der Waals surface area contributed by atoms with E-state index in [0.717, 1.165) is 9.69 Å². The highest BCUT2D eigenvalue weighted by atomic mass is 32.2. The minimum absolute atomic E-state index is 0.178. The molecule has 8 heteroatoms. The Morgan fingerprint density at radius 2 is 1.81 bits per heavy atom. The van der Waals surface area contributed by atoms with Crippen molar-refractivity contribution in [1.82, 2.24) is 10.9 Å². The fourth-order valence-corrected chi connectivity index (χ4v) is 4.39. The summed E-state index contributed by atoms with van der Waals surface area (Å²) >= 11 is 0. The molecule has 0 aliphatic carbocycles. The molecule has 26 heavy (non-hydrogen) atoms. The minimum atomic E-state index is -3.81. The van der Waals surface area contributed by atoms with Crippen LogP contribution in [0.4, 0.5) is 5.69 Å². The van der Waals surface area contributed by atoms with Gasteiger partial charge in [0.2, 0.25) is 0 Å². The Kier molecular flexibility index (Phi) is 4.77. The van der Waals surface area contributed by atoms with Gasteiger partial charge in [0.1, 0.15) is 6.54 Å². The first kappa shape index (κ1) is 17.7. The first-order valence-electron chi connectivity index (χ1n) is 7.88. The van der Waals surface area contributed by atoms with Gasteiger partial charge in [-0.2, -0.15) is 0 Å². The summed E-state index contributed by atoms with van der Waals surface area (Å²) < 4.78 is 26.5. The molecule has 0 saturated heterocycles. The summed E-state index contributed by atoms with van der Waals surface area (Å²) in [6.07, 6.45) is 6.17. The summed E-state index contributed by atoms with van der Waals surface area (Å²) in [6, 6.07) is 10.2. The number of rotatable bonds is 4. The number of carbonyl (C=O) groups is 2. The number of nitrogens with zero attached hydrogens (tertiary/aromatic N) is 1. The maximum Gasteiger partial charge on any atom is 0.265 e. The van der Waals surface area contributed by atoms with Crippen LogP contribution in [0.5, 0.6) is 0 Å². The SMILES string of the molecule is C/C=C/C=C\C(=O)NNC(=O)CN1c2cccc3cccc(c23)S1(=O)=O. The molecule has 0 saturated carbocycles. The molecule has 2 N–H and O–H groups in total. The van der Waals surface area contributed by atoms with Gasteiger partial charge in [0.25, 0.3) is 21.8 Å². The van der Waals surface area contributed by atoms with Crippen LogP contribution in [0.2, 0.25) is 0 Å². The van der Waals surface area contributed by atoms with Crippen molar-refractivity contribution in [2.45, 2.75) is 11.8 Å². The number of anilines is 1. The number of benzene rings is 2. The van der Waals surface area contributed by atoms with Gasteiger partial charge in [0.05, 0.1) is 10.6 Å². The van der Waals surface area contributed by atoms with E-state index in [9.17, 15) is 18.0 Å². The van der Waals surface area contributed by atoms with Crippen molar-refractivity contribution in [3.63, 3.8) is 0 Å². The van der Waals surface area contributed by atoms with Crippen LogP contribution in [-0.2, 0) is 19.6 Å². The highest BCUT2D eigenvalue weighted by molar-refractivity contribution is 7.93. The van der Waals surface area contributed by atoms with Crippen LogP contribution < -0.4 is 15.2 Å². The van der Waals surface area contributed by atoms with E-state index >= 15 is 0 Å². The average molecular weight is 371 g/mol. The van der Waals surface area contributed by atoms with Crippen LogP contribution in [0, 0.1) is 0 Å². The number of sulfonamides is 1. The third-order valence-corrected chi connectivity index (χ3v) is 5.65. The van der Waals surface area contributed by atoms with E-state index in [1.807, 2.05) is 12.1 Å². The van der Waals surface area contributed by atoms with Crippen molar-refractivity contribution in [2.75, 3.05) is 10.8 Å². The molecule has 0 radical (unpaired) electrons. The van der Waals surface area contributed by atoms with Crippen molar-refractivity contribution in [2.24, 2.45) is 0 Å². The second-order valence-electron chi connectivity index (χ2n) is 5.57. The molecule has 1 aliphatic heterocycles. The lowest BCUT2D eigenvalue weighted by molar-refractivity contribution is -0.125. The number of hydrazine groups is 1. The summed E-state index contributed by atoms with van der Waals surface area (Å²) in [5.74, 6) is -1.17. The number of allylic oxidation sites excluding steroid dienone is 3. The maximum atomic E-state index is 12.8. The lowest BCUT2D eigenvalue weighted by atomic mass is 10.1. The summed E-state index contributed by atoms with van der Waals surface area (Å²) in [5, 5.41) is 1.38. The van der Waals surface area contributed by atoms with E-state index in [0.29, 0.717) is 11.1 Å². The van der Waals surface area contributed by atoms with Gasteiger partial charge < -0.3 is 0 Å². The van der Waals surface area contributed by atoms with E-state index < -0.39 is 28.4 Å². The van der Waals surface area contributed by atoms with E-state index in [4.69, 9.17) is 0 Å². The van der Waals surface area contributed by atoms with Crippen LogP contribution in [-0.4, -0.2) is 26.8 Å². The Morgan fingerprint density at radius 1 is 1.08 bits per heavy atom. The molecule has 2 aromatic rings. The highest BCUT2D eigenvalue weighted by Crippen LogP contribution is 2.41. The Morgan fingerprint density at radius 3 is 2.54 bits per heavy atom. The van der Waals surface area contributed by atoms with Crippen LogP contribution in [0.25, 0.3) is 10.8 Å². The number of nitrogens with one attached hydrogen (secondary N) is 2. The molecule has 2 amide bonds. The first-order chi connectivity index (χ1) is 12.4. The van der Waals surface area contributed by atoms with Gasteiger partial charge in [-0.3, -0.25) is 24.7 Å². The molecule has 3 rings (SSSR count). The third-order valence-electron chi connectivity index (χ3n) is 3.84. The Balaban J connectivity index is 1.76. The monoisotopic (exact) mass is 371 g/mol. The van der Waals surface area contributed by atoms with Gasteiger partial charge in [0.15, 0.2) is 0 Å². The molecule has 1 aliphatic rings. The van der Waals surface area contributed by atoms with Gasteiger partial charge in [-0.25, -0.2) is 8.42 Å². The highest BCUT2D eigenvalue weighted by Gasteiger charge is 2.36. The maximum absolute atomic E-state index is 12.8. The normalized spacial score (nSPS) is 15.0. The summed E-state index contributed by atoms with van der Waals surface area (Å²) in [5.41, 5.74) is 4.87. The first-order valence-corrected chi connectivity index (χ1v) is 9.32. The lowest BCUT2D eigenvalue weighted by Gasteiger charge is -2.18. The van der Waals surface area contributed by atoms with Crippen molar-refractivity contribution in [3.8, 4) is 0 Å². The van der Waals surface area contributed by atoms with Crippen molar-refractivity contribution < 1.29 is 18.0 Å². The van der Waals surface area contributed by atoms with Crippen molar-refractivity contribution in [3.05, 3.63) is 60.7 Å². The zero-order chi connectivity index (χ0) is 18.7. The predicted molar refractivity (Wildman–Crippen MR) is 98.7 cm³/mol. The van der Waals surface area contributed by atoms with E-state index in [1.54, 1.807) is 37.3 Å². The second-order valence-corrected chi connectivity index (χ2v) is 7.40. The van der Waals surface area contributed by atoms with Crippen molar-refractivity contribution >= 4 is 38.3 Å². The topological polar surface area (TPSA) is 95.6 Å². The molecule has 0 bridgehead atoms. The van der Waals surface area contributed by atoms with Crippen molar-refractivity contribution in [1.29, 1.82) is 0 Å². The van der Waals surface area contributed by atoms with Gasteiger partial charge >= 0.3 is 0 Å². The van der Waals surface area contributed by atoms with E-state index in [2.05, 4.69) is 10.9 Å². The van der Waals surface area contributed by atoms with E-state index in [-0.39, 0.29) is 4.90 Å².